The predicted molar refractivity (Wildman–Crippen MR) is 76.4 cm³/mol. The molecule has 5 heteroatoms. The highest BCUT2D eigenvalue weighted by Gasteiger charge is 2.38. The van der Waals surface area contributed by atoms with Crippen LogP contribution in [0, 0.1) is 11.8 Å². The van der Waals surface area contributed by atoms with E-state index < -0.39 is 0 Å². The zero-order valence-electron chi connectivity index (χ0n) is 11.3. The fraction of sp³-hybridized carbons (Fsp3) is 0.500. The van der Waals surface area contributed by atoms with Crippen LogP contribution in [-0.2, 0) is 11.3 Å². The van der Waals surface area contributed by atoms with E-state index in [1.807, 2.05) is 12.1 Å². The van der Waals surface area contributed by atoms with Crippen molar-refractivity contribution in [2.45, 2.75) is 19.9 Å². The Morgan fingerprint density at radius 1 is 1.37 bits per heavy atom. The molecule has 0 saturated heterocycles. The van der Waals surface area contributed by atoms with Crippen molar-refractivity contribution in [1.29, 1.82) is 0 Å². The monoisotopic (exact) mass is 327 g/mol. The van der Waals surface area contributed by atoms with Gasteiger partial charge in [-0.1, -0.05) is 22.9 Å². The van der Waals surface area contributed by atoms with Gasteiger partial charge in [0, 0.05) is 16.9 Å². The molecule has 1 saturated carbocycles. The zero-order chi connectivity index (χ0) is 14.0. The van der Waals surface area contributed by atoms with E-state index in [0.29, 0.717) is 24.0 Å². The second kappa shape index (κ2) is 5.82. The van der Waals surface area contributed by atoms with Gasteiger partial charge in [-0.15, -0.1) is 0 Å². The topological polar surface area (TPSA) is 47.6 Å². The summed E-state index contributed by atoms with van der Waals surface area (Å²) in [6, 6.07) is 3.72. The number of carbonyl (C=O) groups is 1. The van der Waals surface area contributed by atoms with Gasteiger partial charge in [-0.3, -0.25) is 4.79 Å². The van der Waals surface area contributed by atoms with Crippen molar-refractivity contribution in [3.8, 4) is 11.5 Å². The molecule has 0 heterocycles. The maximum atomic E-state index is 11.8. The number of methoxy groups -OCH3 is 2. The van der Waals surface area contributed by atoms with Crippen LogP contribution in [0.2, 0.25) is 0 Å². The smallest absolute Gasteiger partial charge is 0.223 e. The van der Waals surface area contributed by atoms with Gasteiger partial charge < -0.3 is 14.8 Å². The first-order valence-corrected chi connectivity index (χ1v) is 7.04. The first-order valence-electron chi connectivity index (χ1n) is 6.25. The Hall–Kier alpha value is -1.23. The highest BCUT2D eigenvalue weighted by Crippen LogP contribution is 2.38. The molecule has 2 atom stereocenters. The molecule has 2 rings (SSSR count). The van der Waals surface area contributed by atoms with Crippen molar-refractivity contribution < 1.29 is 14.3 Å². The summed E-state index contributed by atoms with van der Waals surface area (Å²) in [6.45, 7) is 2.58. The third-order valence-corrected chi connectivity index (χ3v) is 4.19. The molecule has 0 bridgehead atoms. The van der Waals surface area contributed by atoms with Crippen molar-refractivity contribution in [2.75, 3.05) is 14.2 Å². The summed E-state index contributed by atoms with van der Waals surface area (Å²) in [7, 11) is 3.19. The van der Waals surface area contributed by atoms with Crippen LogP contribution in [0.3, 0.4) is 0 Å². The van der Waals surface area contributed by atoms with E-state index in [1.165, 1.54) is 0 Å². The highest BCUT2D eigenvalue weighted by molar-refractivity contribution is 9.10. The second-order valence-corrected chi connectivity index (χ2v) is 5.69. The molecule has 0 radical (unpaired) electrons. The van der Waals surface area contributed by atoms with Crippen molar-refractivity contribution in [2.24, 2.45) is 11.8 Å². The lowest BCUT2D eigenvalue weighted by Gasteiger charge is -2.12. The lowest BCUT2D eigenvalue weighted by atomic mass is 10.2. The van der Waals surface area contributed by atoms with Gasteiger partial charge in [0.15, 0.2) is 11.5 Å². The van der Waals surface area contributed by atoms with Crippen LogP contribution in [0.15, 0.2) is 16.6 Å². The number of hydrogen-bond acceptors (Lipinski definition) is 3. The van der Waals surface area contributed by atoms with E-state index in [-0.39, 0.29) is 11.8 Å². The first kappa shape index (κ1) is 14.2. The molecule has 0 unspecified atom stereocenters. The summed E-state index contributed by atoms with van der Waals surface area (Å²) >= 11 is 3.48. The van der Waals surface area contributed by atoms with E-state index in [0.717, 1.165) is 16.5 Å². The summed E-state index contributed by atoms with van der Waals surface area (Å²) in [4.78, 5) is 11.8. The first-order chi connectivity index (χ1) is 9.06. The lowest BCUT2D eigenvalue weighted by Crippen LogP contribution is -2.25. The number of hydrogen-bond donors (Lipinski definition) is 1. The Kier molecular flexibility index (Phi) is 4.34. The number of carbonyl (C=O) groups excluding carboxylic acids is 1. The summed E-state index contributed by atoms with van der Waals surface area (Å²) in [5, 5.41) is 2.96. The number of rotatable bonds is 5. The van der Waals surface area contributed by atoms with Crippen LogP contribution in [-0.4, -0.2) is 20.1 Å². The summed E-state index contributed by atoms with van der Waals surface area (Å²) < 4.78 is 11.4. The maximum absolute atomic E-state index is 11.8. The van der Waals surface area contributed by atoms with E-state index in [2.05, 4.69) is 28.2 Å². The predicted octanol–water partition coefficient (Wildman–Crippen LogP) is 2.74. The van der Waals surface area contributed by atoms with Gasteiger partial charge in [0.25, 0.3) is 0 Å². The largest absolute Gasteiger partial charge is 0.493 e. The maximum Gasteiger partial charge on any atom is 0.223 e. The number of amides is 1. The van der Waals surface area contributed by atoms with Crippen molar-refractivity contribution in [1.82, 2.24) is 5.32 Å². The highest BCUT2D eigenvalue weighted by atomic mass is 79.9. The minimum Gasteiger partial charge on any atom is -0.493 e. The SMILES string of the molecule is COc1cc(Br)c(CNC(=O)[C@@H]2C[C@@H]2C)cc1OC. The van der Waals surface area contributed by atoms with E-state index >= 15 is 0 Å². The number of nitrogens with one attached hydrogen (secondary N) is 1. The molecule has 1 N–H and O–H groups in total. The summed E-state index contributed by atoms with van der Waals surface area (Å²) in [6.07, 6.45) is 0.999. The fourth-order valence-corrected chi connectivity index (χ4v) is 2.50. The van der Waals surface area contributed by atoms with Crippen LogP contribution in [0.4, 0.5) is 0 Å². The Morgan fingerprint density at radius 2 is 1.95 bits per heavy atom. The molecular weight excluding hydrogens is 310 g/mol. The van der Waals surface area contributed by atoms with E-state index in [9.17, 15) is 4.79 Å². The van der Waals surface area contributed by atoms with Crippen LogP contribution in [0.1, 0.15) is 18.9 Å². The molecule has 1 aliphatic carbocycles. The molecule has 0 aliphatic heterocycles. The van der Waals surface area contributed by atoms with Gasteiger partial charge in [0.2, 0.25) is 5.91 Å². The summed E-state index contributed by atoms with van der Waals surface area (Å²) in [5.74, 6) is 2.18. The molecular formula is C14H18BrNO3. The van der Waals surface area contributed by atoms with Crippen molar-refractivity contribution in [3.05, 3.63) is 22.2 Å². The average molecular weight is 328 g/mol. The molecule has 1 aromatic rings. The number of halogens is 1. The molecule has 1 aromatic carbocycles. The Bertz CT molecular complexity index is 490. The normalized spacial score (nSPS) is 20.8. The Balaban J connectivity index is 2.05. The van der Waals surface area contributed by atoms with Crippen molar-refractivity contribution in [3.63, 3.8) is 0 Å². The van der Waals surface area contributed by atoms with Gasteiger partial charge in [0.05, 0.1) is 14.2 Å². The van der Waals surface area contributed by atoms with Crippen LogP contribution in [0.25, 0.3) is 0 Å². The molecule has 1 amide bonds. The standard InChI is InChI=1S/C14H18BrNO3/c1-8-4-10(8)14(17)16-7-9-5-12(18-2)13(19-3)6-11(9)15/h5-6,8,10H,4,7H2,1-3H3,(H,16,17)/t8-,10+/m0/s1. The Labute approximate surface area is 121 Å². The zero-order valence-corrected chi connectivity index (χ0v) is 12.9. The molecule has 104 valence electrons. The van der Waals surface area contributed by atoms with Crippen LogP contribution >= 0.6 is 15.9 Å². The average Bonchev–Trinajstić information content (AvgIpc) is 3.13. The fourth-order valence-electron chi connectivity index (χ4n) is 2.03. The van der Waals surface area contributed by atoms with Crippen LogP contribution in [0.5, 0.6) is 11.5 Å². The number of benzene rings is 1. The minimum absolute atomic E-state index is 0.134. The van der Waals surface area contributed by atoms with E-state index in [1.54, 1.807) is 14.2 Å². The molecule has 19 heavy (non-hydrogen) atoms. The Morgan fingerprint density at radius 3 is 2.47 bits per heavy atom. The second-order valence-electron chi connectivity index (χ2n) is 4.84. The third kappa shape index (κ3) is 3.21. The molecule has 0 aromatic heterocycles. The van der Waals surface area contributed by atoms with Gasteiger partial charge in [-0.05, 0) is 30.0 Å². The summed E-state index contributed by atoms with van der Waals surface area (Å²) in [5.41, 5.74) is 0.972. The molecule has 1 aliphatic rings. The van der Waals surface area contributed by atoms with E-state index in [4.69, 9.17) is 9.47 Å². The van der Waals surface area contributed by atoms with Gasteiger partial charge in [0.1, 0.15) is 0 Å². The lowest BCUT2D eigenvalue weighted by molar-refractivity contribution is -0.122. The molecule has 1 fully saturated rings. The van der Waals surface area contributed by atoms with Crippen LogP contribution < -0.4 is 14.8 Å². The number of ether oxygens (including phenoxy) is 2. The van der Waals surface area contributed by atoms with Gasteiger partial charge in [-0.2, -0.15) is 0 Å². The minimum atomic E-state index is 0.134. The van der Waals surface area contributed by atoms with Gasteiger partial charge in [-0.25, -0.2) is 0 Å². The quantitative estimate of drug-likeness (QED) is 0.904. The molecule has 0 spiro atoms. The van der Waals surface area contributed by atoms with Crippen molar-refractivity contribution >= 4 is 21.8 Å². The van der Waals surface area contributed by atoms with Gasteiger partial charge >= 0.3 is 0 Å². The molecule has 4 nitrogen and oxygen atoms in total. The third-order valence-electron chi connectivity index (χ3n) is 3.45.